The molecule has 0 aliphatic carbocycles. The first-order valence-corrected chi connectivity index (χ1v) is 4.56. The van der Waals surface area contributed by atoms with Crippen LogP contribution < -0.4 is 10.5 Å². The van der Waals surface area contributed by atoms with Gasteiger partial charge in [-0.1, -0.05) is 0 Å². The van der Waals surface area contributed by atoms with Crippen LogP contribution in [0.4, 0.5) is 0 Å². The highest BCUT2D eigenvalue weighted by Gasteiger charge is 2.37. The van der Waals surface area contributed by atoms with Crippen LogP contribution in [0.15, 0.2) is 0 Å². The van der Waals surface area contributed by atoms with Crippen LogP contribution in [0.25, 0.3) is 0 Å². The zero-order chi connectivity index (χ0) is 7.83. The summed E-state index contributed by atoms with van der Waals surface area (Å²) in [5, 5.41) is 16.7. The van der Waals surface area contributed by atoms with Gasteiger partial charge in [-0.25, -0.2) is 13.6 Å². The van der Waals surface area contributed by atoms with E-state index in [2.05, 4.69) is 5.32 Å². The Morgan fingerprint density at radius 3 is 2.20 bits per heavy atom. The molecule has 0 aromatic carbocycles. The molecule has 0 amide bonds. The monoisotopic (exact) mass is 166 g/mol. The first-order valence-electron chi connectivity index (χ1n) is 2.85. The topological polar surface area (TPSA) is 92.4 Å². The van der Waals surface area contributed by atoms with Crippen molar-refractivity contribution in [3.8, 4) is 0 Å². The van der Waals surface area contributed by atoms with E-state index in [-0.39, 0.29) is 5.75 Å². The maximum Gasteiger partial charge on any atom is 0.212 e. The van der Waals surface area contributed by atoms with Gasteiger partial charge in [0.25, 0.3) is 0 Å². The number of nitrogens with two attached hydrogens (primary N) is 1. The first kappa shape index (κ1) is 7.93. The highest BCUT2D eigenvalue weighted by atomic mass is 32.2. The molecule has 6 heteroatoms. The standard InChI is InChI=1S/C4H10N2O3S/c5-10(8,9)3-4(7)1-6-2-4/h6-7H,1-3H2,(H2,5,8,9). The van der Waals surface area contributed by atoms with Crippen LogP contribution in [0.2, 0.25) is 0 Å². The molecule has 60 valence electrons. The molecule has 1 fully saturated rings. The summed E-state index contributed by atoms with van der Waals surface area (Å²) in [6.45, 7) is 0.618. The van der Waals surface area contributed by atoms with Crippen molar-refractivity contribution in [2.45, 2.75) is 5.60 Å². The molecule has 0 aromatic heterocycles. The number of sulfonamides is 1. The van der Waals surface area contributed by atoms with E-state index in [4.69, 9.17) is 5.14 Å². The largest absolute Gasteiger partial charge is 0.386 e. The smallest absolute Gasteiger partial charge is 0.212 e. The summed E-state index contributed by atoms with van der Waals surface area (Å²) in [4.78, 5) is 0. The van der Waals surface area contributed by atoms with Crippen molar-refractivity contribution in [1.82, 2.24) is 5.32 Å². The van der Waals surface area contributed by atoms with Gasteiger partial charge in [-0.2, -0.15) is 0 Å². The Labute approximate surface area is 59.3 Å². The predicted octanol–water partition coefficient (Wildman–Crippen LogP) is -2.39. The second-order valence-electron chi connectivity index (χ2n) is 2.64. The van der Waals surface area contributed by atoms with Gasteiger partial charge in [0.05, 0.1) is 5.75 Å². The molecule has 10 heavy (non-hydrogen) atoms. The fourth-order valence-electron chi connectivity index (χ4n) is 0.890. The Bertz CT molecular complexity index is 219. The van der Waals surface area contributed by atoms with Gasteiger partial charge in [-0.3, -0.25) is 0 Å². The maximum atomic E-state index is 10.4. The van der Waals surface area contributed by atoms with Crippen molar-refractivity contribution in [2.24, 2.45) is 5.14 Å². The normalized spacial score (nSPS) is 23.8. The third kappa shape index (κ3) is 1.91. The summed E-state index contributed by atoms with van der Waals surface area (Å²) < 4.78 is 20.9. The fraction of sp³-hybridized carbons (Fsp3) is 1.00. The summed E-state index contributed by atoms with van der Waals surface area (Å²) >= 11 is 0. The van der Waals surface area contributed by atoms with Gasteiger partial charge in [-0.05, 0) is 0 Å². The Morgan fingerprint density at radius 1 is 1.60 bits per heavy atom. The Hall–Kier alpha value is -0.170. The van der Waals surface area contributed by atoms with Crippen LogP contribution in [-0.4, -0.2) is 38.0 Å². The lowest BCUT2D eigenvalue weighted by Gasteiger charge is -2.36. The molecule has 0 bridgehead atoms. The van der Waals surface area contributed by atoms with Gasteiger partial charge in [0.15, 0.2) is 0 Å². The minimum Gasteiger partial charge on any atom is -0.386 e. The summed E-state index contributed by atoms with van der Waals surface area (Å²) in [6, 6.07) is 0. The molecule has 1 aliphatic rings. The molecule has 5 nitrogen and oxygen atoms in total. The first-order chi connectivity index (χ1) is 4.41. The SMILES string of the molecule is NS(=O)(=O)CC1(O)CNC1. The summed E-state index contributed by atoms with van der Waals surface area (Å²) in [7, 11) is -3.53. The van der Waals surface area contributed by atoms with Crippen LogP contribution in [0.3, 0.4) is 0 Å². The minimum absolute atomic E-state index is 0.309. The second-order valence-corrected chi connectivity index (χ2v) is 4.25. The van der Waals surface area contributed by atoms with Crippen molar-refractivity contribution in [2.75, 3.05) is 18.8 Å². The summed E-state index contributed by atoms with van der Waals surface area (Å²) in [5.74, 6) is -0.354. The summed E-state index contributed by atoms with van der Waals surface area (Å²) in [6.07, 6.45) is 0. The molecule has 1 heterocycles. The van der Waals surface area contributed by atoms with E-state index in [0.29, 0.717) is 13.1 Å². The van der Waals surface area contributed by atoms with E-state index in [9.17, 15) is 13.5 Å². The van der Waals surface area contributed by atoms with Crippen molar-refractivity contribution < 1.29 is 13.5 Å². The van der Waals surface area contributed by atoms with E-state index >= 15 is 0 Å². The zero-order valence-electron chi connectivity index (χ0n) is 5.37. The molecule has 0 radical (unpaired) electrons. The lowest BCUT2D eigenvalue weighted by molar-refractivity contribution is 0.0120. The highest BCUT2D eigenvalue weighted by Crippen LogP contribution is 2.11. The van der Waals surface area contributed by atoms with Crippen LogP contribution in [0.5, 0.6) is 0 Å². The van der Waals surface area contributed by atoms with E-state index < -0.39 is 15.6 Å². The van der Waals surface area contributed by atoms with Gasteiger partial charge < -0.3 is 10.4 Å². The lowest BCUT2D eigenvalue weighted by atomic mass is 10.0. The van der Waals surface area contributed by atoms with Crippen LogP contribution >= 0.6 is 0 Å². The van der Waals surface area contributed by atoms with Gasteiger partial charge in [0.2, 0.25) is 10.0 Å². The average Bonchev–Trinajstić information content (AvgIpc) is 1.57. The summed E-state index contributed by atoms with van der Waals surface area (Å²) in [5.41, 5.74) is -1.12. The Morgan fingerprint density at radius 2 is 2.10 bits per heavy atom. The van der Waals surface area contributed by atoms with Crippen molar-refractivity contribution in [3.05, 3.63) is 0 Å². The number of hydrogen-bond acceptors (Lipinski definition) is 4. The molecular weight excluding hydrogens is 156 g/mol. The number of β-amino-alcohol motifs (C(OH)–C–C–N with tert-alkyl or cyclic N) is 1. The highest BCUT2D eigenvalue weighted by molar-refractivity contribution is 7.89. The molecule has 1 saturated heterocycles. The molecule has 0 unspecified atom stereocenters. The number of rotatable bonds is 2. The Kier molecular flexibility index (Phi) is 1.71. The zero-order valence-corrected chi connectivity index (χ0v) is 6.19. The third-order valence-corrected chi connectivity index (χ3v) is 2.32. The number of nitrogens with one attached hydrogen (secondary N) is 1. The quantitative estimate of drug-likeness (QED) is 0.426. The molecule has 0 saturated carbocycles. The maximum absolute atomic E-state index is 10.4. The van der Waals surface area contributed by atoms with Crippen LogP contribution in [-0.2, 0) is 10.0 Å². The molecule has 0 atom stereocenters. The lowest BCUT2D eigenvalue weighted by Crippen LogP contribution is -2.63. The predicted molar refractivity (Wildman–Crippen MR) is 35.8 cm³/mol. The van der Waals surface area contributed by atoms with Crippen molar-refractivity contribution >= 4 is 10.0 Å². The number of primary sulfonamides is 1. The van der Waals surface area contributed by atoms with Crippen LogP contribution in [0, 0.1) is 0 Å². The van der Waals surface area contributed by atoms with E-state index in [0.717, 1.165) is 0 Å². The molecular formula is C4H10N2O3S. The molecule has 4 N–H and O–H groups in total. The Balaban J connectivity index is 2.53. The number of aliphatic hydroxyl groups is 1. The minimum atomic E-state index is -3.53. The van der Waals surface area contributed by atoms with E-state index in [1.165, 1.54) is 0 Å². The van der Waals surface area contributed by atoms with Crippen LogP contribution in [0.1, 0.15) is 0 Å². The van der Waals surface area contributed by atoms with E-state index in [1.54, 1.807) is 0 Å². The third-order valence-electron chi connectivity index (χ3n) is 1.38. The second kappa shape index (κ2) is 2.16. The van der Waals surface area contributed by atoms with Gasteiger partial charge in [-0.15, -0.1) is 0 Å². The molecule has 0 spiro atoms. The van der Waals surface area contributed by atoms with Gasteiger partial charge in [0, 0.05) is 13.1 Å². The van der Waals surface area contributed by atoms with Gasteiger partial charge >= 0.3 is 0 Å². The molecule has 0 aromatic rings. The van der Waals surface area contributed by atoms with E-state index in [1.807, 2.05) is 0 Å². The fourth-order valence-corrected chi connectivity index (χ4v) is 1.84. The van der Waals surface area contributed by atoms with Crippen molar-refractivity contribution in [3.63, 3.8) is 0 Å². The molecule has 1 aliphatic heterocycles. The van der Waals surface area contributed by atoms with Crippen molar-refractivity contribution in [1.29, 1.82) is 0 Å². The number of hydrogen-bond donors (Lipinski definition) is 3. The van der Waals surface area contributed by atoms with Gasteiger partial charge in [0.1, 0.15) is 5.60 Å². The average molecular weight is 166 g/mol. The molecule has 1 rings (SSSR count).